The molecule has 0 spiro atoms. The van der Waals surface area contributed by atoms with Gasteiger partial charge in [-0.2, -0.15) is 9.97 Å². The van der Waals surface area contributed by atoms with Crippen LogP contribution >= 0.6 is 11.6 Å². The second-order valence-electron chi connectivity index (χ2n) is 4.66. The number of nitro groups is 1. The number of rotatable bonds is 5. The maximum absolute atomic E-state index is 10.6. The third-order valence-corrected chi connectivity index (χ3v) is 3.01. The number of nitrogens with zero attached hydrogens (tertiary/aromatic N) is 4. The highest BCUT2D eigenvalue weighted by Crippen LogP contribution is 2.25. The number of hydrogen-bond acceptors (Lipinski definition) is 8. The van der Waals surface area contributed by atoms with Crippen LogP contribution in [-0.4, -0.2) is 20.0 Å². The van der Waals surface area contributed by atoms with E-state index in [1.54, 1.807) is 13.0 Å². The van der Waals surface area contributed by atoms with Gasteiger partial charge in [0.05, 0.1) is 4.92 Å². The van der Waals surface area contributed by atoms with E-state index in [9.17, 15) is 10.1 Å². The summed E-state index contributed by atoms with van der Waals surface area (Å²) in [7, 11) is 0. The minimum atomic E-state index is -0.498. The molecule has 0 saturated carbocycles. The zero-order valence-electron chi connectivity index (χ0n) is 12.3. The van der Waals surface area contributed by atoms with Crippen molar-refractivity contribution in [1.29, 1.82) is 0 Å². The zero-order valence-corrected chi connectivity index (χ0v) is 13.0. The van der Waals surface area contributed by atoms with E-state index in [1.165, 1.54) is 30.3 Å². The molecule has 0 radical (unpaired) electrons. The Hall–Kier alpha value is -3.20. The number of halogens is 1. The van der Waals surface area contributed by atoms with Gasteiger partial charge in [-0.3, -0.25) is 10.1 Å². The van der Waals surface area contributed by atoms with Gasteiger partial charge in [-0.05, 0) is 19.1 Å². The van der Waals surface area contributed by atoms with E-state index >= 15 is 0 Å². The fourth-order valence-electron chi connectivity index (χ4n) is 1.80. The van der Waals surface area contributed by atoms with Crippen LogP contribution in [0, 0.1) is 17.0 Å². The molecular formula is C14H10ClN5O4. The number of aromatic nitrogens is 3. The second-order valence-corrected chi connectivity index (χ2v) is 5.05. The lowest BCUT2D eigenvalue weighted by molar-refractivity contribution is -0.384. The monoisotopic (exact) mass is 347 g/mol. The molecule has 24 heavy (non-hydrogen) atoms. The van der Waals surface area contributed by atoms with Gasteiger partial charge in [0.2, 0.25) is 0 Å². The lowest BCUT2D eigenvalue weighted by Gasteiger charge is -2.06. The molecule has 0 aliphatic carbocycles. The molecule has 2 heterocycles. The molecule has 3 rings (SSSR count). The van der Waals surface area contributed by atoms with Crippen molar-refractivity contribution in [3.63, 3.8) is 0 Å². The van der Waals surface area contributed by atoms with Crippen LogP contribution < -0.4 is 10.1 Å². The maximum atomic E-state index is 10.6. The molecule has 1 aromatic carbocycles. The topological polar surface area (TPSA) is 116 Å². The lowest BCUT2D eigenvalue weighted by Crippen LogP contribution is -1.98. The number of benzene rings is 1. The smallest absolute Gasteiger partial charge is 0.325 e. The van der Waals surface area contributed by atoms with Crippen molar-refractivity contribution in [1.82, 2.24) is 15.1 Å². The van der Waals surface area contributed by atoms with Crippen LogP contribution in [-0.2, 0) is 0 Å². The average Bonchev–Trinajstić information content (AvgIpc) is 2.92. The third kappa shape index (κ3) is 3.76. The molecule has 0 unspecified atom stereocenters. The van der Waals surface area contributed by atoms with Gasteiger partial charge in [0.25, 0.3) is 5.69 Å². The standard InChI is InChI=1S/C14H10ClN5O4/c1-8-6-13(19-24-8)17-12-7-11(15)16-14(18-12)23-10-4-2-9(3-5-10)20(21)22/h2-7H,1H3,(H,16,17,18,19). The molecule has 0 aliphatic heterocycles. The van der Waals surface area contributed by atoms with Crippen molar-refractivity contribution in [3.8, 4) is 11.8 Å². The van der Waals surface area contributed by atoms with E-state index in [0.717, 1.165) is 0 Å². The first-order valence-electron chi connectivity index (χ1n) is 6.67. The van der Waals surface area contributed by atoms with Crippen molar-refractivity contribution in [2.45, 2.75) is 6.92 Å². The molecule has 0 fully saturated rings. The molecule has 9 nitrogen and oxygen atoms in total. The summed E-state index contributed by atoms with van der Waals surface area (Å²) in [5, 5.41) is 17.5. The number of nitrogens with one attached hydrogen (secondary N) is 1. The van der Waals surface area contributed by atoms with Crippen LogP contribution in [0.5, 0.6) is 11.8 Å². The van der Waals surface area contributed by atoms with Crippen LogP contribution in [0.1, 0.15) is 5.76 Å². The average molecular weight is 348 g/mol. The molecule has 0 amide bonds. The third-order valence-electron chi connectivity index (χ3n) is 2.82. The summed E-state index contributed by atoms with van der Waals surface area (Å²) in [6.45, 7) is 1.76. The Balaban J connectivity index is 1.79. The Morgan fingerprint density at radius 3 is 2.58 bits per heavy atom. The summed E-state index contributed by atoms with van der Waals surface area (Å²) < 4.78 is 10.4. The summed E-state index contributed by atoms with van der Waals surface area (Å²) in [5.41, 5.74) is -0.0434. The highest BCUT2D eigenvalue weighted by atomic mass is 35.5. The predicted octanol–water partition coefficient (Wildman–Crippen LogP) is 3.87. The maximum Gasteiger partial charge on any atom is 0.325 e. The molecule has 0 saturated heterocycles. The second kappa shape index (κ2) is 6.50. The molecular weight excluding hydrogens is 338 g/mol. The SMILES string of the molecule is Cc1cc(Nc2cc(Cl)nc(Oc3ccc([N+](=O)[O-])cc3)n2)no1. The minimum Gasteiger partial charge on any atom is -0.424 e. The Morgan fingerprint density at radius 1 is 1.21 bits per heavy atom. The number of ether oxygens (including phenoxy) is 1. The zero-order chi connectivity index (χ0) is 17.1. The highest BCUT2D eigenvalue weighted by molar-refractivity contribution is 6.29. The van der Waals surface area contributed by atoms with Gasteiger partial charge in [0.15, 0.2) is 5.82 Å². The normalized spacial score (nSPS) is 10.4. The van der Waals surface area contributed by atoms with Gasteiger partial charge >= 0.3 is 6.01 Å². The van der Waals surface area contributed by atoms with Gasteiger partial charge in [-0.15, -0.1) is 0 Å². The van der Waals surface area contributed by atoms with E-state index in [4.69, 9.17) is 20.9 Å². The lowest BCUT2D eigenvalue weighted by atomic mass is 10.3. The number of non-ortho nitro benzene ring substituents is 1. The van der Waals surface area contributed by atoms with E-state index in [-0.39, 0.29) is 16.9 Å². The van der Waals surface area contributed by atoms with Crippen LogP contribution in [0.15, 0.2) is 40.9 Å². The number of hydrogen-bond donors (Lipinski definition) is 1. The van der Waals surface area contributed by atoms with Crippen molar-refractivity contribution in [2.24, 2.45) is 0 Å². The van der Waals surface area contributed by atoms with E-state index in [0.29, 0.717) is 23.1 Å². The van der Waals surface area contributed by atoms with Crippen LogP contribution in [0.3, 0.4) is 0 Å². The molecule has 0 bridgehead atoms. The molecule has 1 N–H and O–H groups in total. The van der Waals surface area contributed by atoms with Gasteiger partial charge in [-0.1, -0.05) is 16.8 Å². The molecule has 0 atom stereocenters. The van der Waals surface area contributed by atoms with Crippen LogP contribution in [0.2, 0.25) is 5.15 Å². The number of anilines is 2. The minimum absolute atomic E-state index is 0.0148. The summed E-state index contributed by atoms with van der Waals surface area (Å²) in [5.74, 6) is 1.80. The summed E-state index contributed by atoms with van der Waals surface area (Å²) >= 11 is 5.95. The van der Waals surface area contributed by atoms with Crippen molar-refractivity contribution in [3.05, 3.63) is 57.4 Å². The van der Waals surface area contributed by atoms with Crippen LogP contribution in [0.25, 0.3) is 0 Å². The van der Waals surface area contributed by atoms with E-state index < -0.39 is 4.92 Å². The fourth-order valence-corrected chi connectivity index (χ4v) is 1.98. The Labute approximate surface area is 140 Å². The largest absolute Gasteiger partial charge is 0.424 e. The van der Waals surface area contributed by atoms with Crippen molar-refractivity contribution < 1.29 is 14.2 Å². The molecule has 3 aromatic rings. The van der Waals surface area contributed by atoms with Crippen LogP contribution in [0.4, 0.5) is 17.3 Å². The predicted molar refractivity (Wildman–Crippen MR) is 84.7 cm³/mol. The Kier molecular flexibility index (Phi) is 4.25. The summed E-state index contributed by atoms with van der Waals surface area (Å²) in [6, 6.07) is 8.68. The Morgan fingerprint density at radius 2 is 1.96 bits per heavy atom. The number of nitro benzene ring substituents is 1. The first-order valence-corrected chi connectivity index (χ1v) is 7.04. The van der Waals surface area contributed by atoms with Gasteiger partial charge in [0.1, 0.15) is 22.5 Å². The summed E-state index contributed by atoms with van der Waals surface area (Å²) in [6.07, 6.45) is 0. The molecule has 122 valence electrons. The molecule has 10 heteroatoms. The summed E-state index contributed by atoms with van der Waals surface area (Å²) in [4.78, 5) is 18.2. The first kappa shape index (κ1) is 15.7. The quantitative estimate of drug-likeness (QED) is 0.420. The van der Waals surface area contributed by atoms with Gasteiger partial charge in [-0.25, -0.2) is 0 Å². The van der Waals surface area contributed by atoms with Gasteiger partial charge < -0.3 is 14.6 Å². The van der Waals surface area contributed by atoms with E-state index in [1.807, 2.05) is 0 Å². The van der Waals surface area contributed by atoms with E-state index in [2.05, 4.69) is 20.4 Å². The Bertz CT molecular complexity index is 881. The molecule has 0 aliphatic rings. The highest BCUT2D eigenvalue weighted by Gasteiger charge is 2.10. The van der Waals surface area contributed by atoms with Crippen molar-refractivity contribution >= 4 is 28.9 Å². The molecule has 2 aromatic heterocycles. The van der Waals surface area contributed by atoms with Gasteiger partial charge in [0, 0.05) is 24.3 Å². The number of aryl methyl sites for hydroxylation is 1. The fraction of sp³-hybridized carbons (Fsp3) is 0.0714. The first-order chi connectivity index (χ1) is 11.5. The van der Waals surface area contributed by atoms with Crippen molar-refractivity contribution in [2.75, 3.05) is 5.32 Å².